The van der Waals surface area contributed by atoms with Crippen molar-refractivity contribution in [2.24, 2.45) is 0 Å². The Morgan fingerprint density at radius 1 is 1.25 bits per heavy atom. The van der Waals surface area contributed by atoms with E-state index in [9.17, 15) is 0 Å². The maximum Gasteiger partial charge on any atom is 0.0509 e. The van der Waals surface area contributed by atoms with Crippen LogP contribution in [-0.2, 0) is 0 Å². The summed E-state index contributed by atoms with van der Waals surface area (Å²) in [6.45, 7) is 0.966. The predicted molar refractivity (Wildman–Crippen MR) is 51.3 cm³/mol. The summed E-state index contributed by atoms with van der Waals surface area (Å²) in [7, 11) is 0. The molecule has 2 rings (SSSR count). The van der Waals surface area contributed by atoms with Gasteiger partial charge in [0.15, 0.2) is 0 Å². The maximum absolute atomic E-state index is 5.78. The number of rotatable bonds is 1. The summed E-state index contributed by atoms with van der Waals surface area (Å²) in [4.78, 5) is 0. The zero-order chi connectivity index (χ0) is 8.39. The van der Waals surface area contributed by atoms with E-state index in [4.69, 9.17) is 11.6 Å². The molecule has 2 heteroatoms. The molecule has 1 N–H and O–H groups in total. The summed E-state index contributed by atoms with van der Waals surface area (Å²) in [5.41, 5.74) is 1.27. The fourth-order valence-corrected chi connectivity index (χ4v) is 1.49. The number of benzene rings is 1. The van der Waals surface area contributed by atoms with E-state index in [1.54, 1.807) is 0 Å². The number of hydrogen-bond acceptors (Lipinski definition) is 1. The van der Waals surface area contributed by atoms with Crippen molar-refractivity contribution in [1.29, 1.82) is 0 Å². The van der Waals surface area contributed by atoms with Gasteiger partial charge in [0.25, 0.3) is 0 Å². The molecule has 0 aromatic heterocycles. The lowest BCUT2D eigenvalue weighted by molar-refractivity contribution is 0.713. The molecular formula is C10H10ClN. The minimum atomic E-state index is 0.377. The molecule has 1 aromatic rings. The van der Waals surface area contributed by atoms with Crippen molar-refractivity contribution in [3.8, 4) is 0 Å². The smallest absolute Gasteiger partial charge is 0.0509 e. The minimum absolute atomic E-state index is 0.377. The molecule has 1 unspecified atom stereocenters. The molecule has 0 saturated carbocycles. The Balaban J connectivity index is 2.23. The molecule has 1 heterocycles. The van der Waals surface area contributed by atoms with Crippen LogP contribution in [0, 0.1) is 0 Å². The van der Waals surface area contributed by atoms with Crippen LogP contribution in [0.4, 0.5) is 0 Å². The summed E-state index contributed by atoms with van der Waals surface area (Å²) in [6.07, 6.45) is 4.31. The first-order valence-electron chi connectivity index (χ1n) is 4.02. The van der Waals surface area contributed by atoms with Crippen molar-refractivity contribution in [1.82, 2.24) is 5.32 Å². The van der Waals surface area contributed by atoms with Gasteiger partial charge >= 0.3 is 0 Å². The van der Waals surface area contributed by atoms with Crippen LogP contribution in [0.3, 0.4) is 0 Å². The molecule has 1 atom stereocenters. The number of halogens is 1. The maximum atomic E-state index is 5.78. The first kappa shape index (κ1) is 7.84. The highest BCUT2D eigenvalue weighted by atomic mass is 35.5. The molecule has 0 amide bonds. The average Bonchev–Trinajstić information content (AvgIpc) is 2.58. The van der Waals surface area contributed by atoms with E-state index >= 15 is 0 Å². The highest BCUT2D eigenvalue weighted by Gasteiger charge is 2.09. The molecule has 1 aliphatic heterocycles. The molecule has 1 aliphatic rings. The van der Waals surface area contributed by atoms with Crippen molar-refractivity contribution in [3.05, 3.63) is 47.0 Å². The quantitative estimate of drug-likeness (QED) is 0.654. The van der Waals surface area contributed by atoms with Crippen LogP contribution in [0.2, 0.25) is 5.02 Å². The van der Waals surface area contributed by atoms with Crippen LogP contribution in [0.25, 0.3) is 0 Å². The van der Waals surface area contributed by atoms with Gasteiger partial charge in [0.1, 0.15) is 0 Å². The van der Waals surface area contributed by atoms with Crippen LogP contribution in [0.15, 0.2) is 36.4 Å². The van der Waals surface area contributed by atoms with Gasteiger partial charge < -0.3 is 5.32 Å². The minimum Gasteiger partial charge on any atom is -0.303 e. The lowest BCUT2D eigenvalue weighted by Gasteiger charge is -2.08. The first-order valence-corrected chi connectivity index (χ1v) is 4.39. The van der Waals surface area contributed by atoms with Crippen molar-refractivity contribution >= 4 is 11.6 Å². The fraction of sp³-hybridized carbons (Fsp3) is 0.200. The predicted octanol–water partition coefficient (Wildman–Crippen LogP) is 2.54. The van der Waals surface area contributed by atoms with E-state index in [1.807, 2.05) is 12.1 Å². The van der Waals surface area contributed by atoms with Gasteiger partial charge in [-0.1, -0.05) is 35.9 Å². The van der Waals surface area contributed by atoms with Gasteiger partial charge in [-0.25, -0.2) is 0 Å². The van der Waals surface area contributed by atoms with Gasteiger partial charge in [-0.3, -0.25) is 0 Å². The van der Waals surface area contributed by atoms with Crippen LogP contribution in [0.5, 0.6) is 0 Å². The summed E-state index contributed by atoms with van der Waals surface area (Å²) in [5, 5.41) is 4.13. The lowest BCUT2D eigenvalue weighted by atomic mass is 10.1. The van der Waals surface area contributed by atoms with Crippen molar-refractivity contribution < 1.29 is 0 Å². The Morgan fingerprint density at radius 2 is 2.00 bits per heavy atom. The first-order chi connectivity index (χ1) is 5.86. The standard InChI is InChI=1S/C10H10ClN/c11-9-5-3-8(4-6-9)10-2-1-7-12-10/h1-6,10,12H,7H2. The second kappa shape index (κ2) is 3.30. The molecule has 1 aromatic carbocycles. The van der Waals surface area contributed by atoms with Gasteiger partial charge in [-0.2, -0.15) is 0 Å². The summed E-state index contributed by atoms with van der Waals surface area (Å²) in [6, 6.07) is 8.32. The zero-order valence-corrected chi connectivity index (χ0v) is 7.38. The highest BCUT2D eigenvalue weighted by Crippen LogP contribution is 2.19. The Morgan fingerprint density at radius 3 is 2.58 bits per heavy atom. The van der Waals surface area contributed by atoms with Crippen LogP contribution >= 0.6 is 11.6 Å². The normalized spacial score (nSPS) is 21.6. The number of hydrogen-bond donors (Lipinski definition) is 1. The fourth-order valence-electron chi connectivity index (χ4n) is 1.37. The third kappa shape index (κ3) is 1.52. The van der Waals surface area contributed by atoms with Crippen molar-refractivity contribution in [3.63, 3.8) is 0 Å². The number of nitrogens with one attached hydrogen (secondary N) is 1. The van der Waals surface area contributed by atoms with E-state index in [1.165, 1.54) is 5.56 Å². The molecular weight excluding hydrogens is 170 g/mol. The van der Waals surface area contributed by atoms with Crippen molar-refractivity contribution in [2.45, 2.75) is 6.04 Å². The third-order valence-corrected chi connectivity index (χ3v) is 2.27. The molecule has 0 bridgehead atoms. The molecule has 62 valence electrons. The molecule has 0 saturated heterocycles. The largest absolute Gasteiger partial charge is 0.303 e. The van der Waals surface area contributed by atoms with Gasteiger partial charge in [0, 0.05) is 11.6 Å². The highest BCUT2D eigenvalue weighted by molar-refractivity contribution is 6.30. The molecule has 0 spiro atoms. The summed E-state index contributed by atoms with van der Waals surface area (Å²) in [5.74, 6) is 0. The molecule has 1 nitrogen and oxygen atoms in total. The van der Waals surface area contributed by atoms with Gasteiger partial charge in [0.05, 0.1) is 6.04 Å². The van der Waals surface area contributed by atoms with Gasteiger partial charge in [-0.05, 0) is 17.7 Å². The van der Waals surface area contributed by atoms with E-state index in [0.29, 0.717) is 6.04 Å². The van der Waals surface area contributed by atoms with Crippen molar-refractivity contribution in [2.75, 3.05) is 6.54 Å². The summed E-state index contributed by atoms with van der Waals surface area (Å²) >= 11 is 5.78. The topological polar surface area (TPSA) is 12.0 Å². The monoisotopic (exact) mass is 179 g/mol. The van der Waals surface area contributed by atoms with Crippen LogP contribution in [-0.4, -0.2) is 6.54 Å². The summed E-state index contributed by atoms with van der Waals surface area (Å²) < 4.78 is 0. The van der Waals surface area contributed by atoms with Gasteiger partial charge in [-0.15, -0.1) is 0 Å². The van der Waals surface area contributed by atoms with E-state index in [2.05, 4.69) is 29.6 Å². The zero-order valence-electron chi connectivity index (χ0n) is 6.63. The van der Waals surface area contributed by atoms with E-state index in [-0.39, 0.29) is 0 Å². The average molecular weight is 180 g/mol. The lowest BCUT2D eigenvalue weighted by Crippen LogP contribution is -2.13. The van der Waals surface area contributed by atoms with E-state index in [0.717, 1.165) is 11.6 Å². The Labute approximate surface area is 77.0 Å². The second-order valence-electron chi connectivity index (χ2n) is 2.87. The molecule has 0 radical (unpaired) electrons. The van der Waals surface area contributed by atoms with Gasteiger partial charge in [0.2, 0.25) is 0 Å². The molecule has 0 aliphatic carbocycles. The SMILES string of the molecule is Clc1ccc(C2C=CCN2)cc1. The third-order valence-electron chi connectivity index (χ3n) is 2.01. The van der Waals surface area contributed by atoms with Crippen LogP contribution < -0.4 is 5.32 Å². The molecule has 0 fully saturated rings. The van der Waals surface area contributed by atoms with Crippen LogP contribution in [0.1, 0.15) is 11.6 Å². The second-order valence-corrected chi connectivity index (χ2v) is 3.30. The van der Waals surface area contributed by atoms with E-state index < -0.39 is 0 Å². The molecule has 12 heavy (non-hydrogen) atoms. The Kier molecular flexibility index (Phi) is 2.15. The Bertz CT molecular complexity index is 289. The Hall–Kier alpha value is -0.790.